The van der Waals surface area contributed by atoms with Gasteiger partial charge in [-0.05, 0) is 26.0 Å². The van der Waals surface area contributed by atoms with E-state index < -0.39 is 6.09 Å². The molecule has 1 aliphatic heterocycles. The SMILES string of the molecule is CCN(C(=O)O)[C@@H]1C[C@H](C)[N+](C)(C(C)=O)c2ccc(-c3cn[nH]n3)cc21. The van der Waals surface area contributed by atoms with Crippen LogP contribution < -0.4 is 4.48 Å². The van der Waals surface area contributed by atoms with Crippen LogP contribution >= 0.6 is 0 Å². The zero-order valence-corrected chi connectivity index (χ0v) is 15.4. The van der Waals surface area contributed by atoms with Crippen molar-refractivity contribution in [3.63, 3.8) is 0 Å². The molecule has 0 spiro atoms. The summed E-state index contributed by atoms with van der Waals surface area (Å²) in [6.07, 6.45) is 1.24. The average molecular weight is 358 g/mol. The highest BCUT2D eigenvalue weighted by molar-refractivity contribution is 5.89. The van der Waals surface area contributed by atoms with E-state index in [0.717, 1.165) is 16.8 Å². The second-order valence-corrected chi connectivity index (χ2v) is 6.89. The number of rotatable bonds is 3. The number of hydrogen-bond donors (Lipinski definition) is 2. The summed E-state index contributed by atoms with van der Waals surface area (Å²) in [5.74, 6) is 0.0322. The first-order valence-corrected chi connectivity index (χ1v) is 8.68. The van der Waals surface area contributed by atoms with E-state index in [9.17, 15) is 14.7 Å². The number of fused-ring (bicyclic) bond motifs is 1. The van der Waals surface area contributed by atoms with Crippen LogP contribution in [0.3, 0.4) is 0 Å². The van der Waals surface area contributed by atoms with Crippen molar-refractivity contribution in [2.75, 3.05) is 13.6 Å². The topological polar surface area (TPSA) is 99.2 Å². The van der Waals surface area contributed by atoms with E-state index in [2.05, 4.69) is 15.4 Å². The van der Waals surface area contributed by atoms with Gasteiger partial charge in [0.2, 0.25) is 0 Å². The lowest BCUT2D eigenvalue weighted by atomic mass is 9.87. The monoisotopic (exact) mass is 358 g/mol. The number of quaternary nitrogens is 1. The van der Waals surface area contributed by atoms with Crippen LogP contribution in [0.5, 0.6) is 0 Å². The van der Waals surface area contributed by atoms with Gasteiger partial charge in [0.15, 0.2) is 0 Å². The molecular weight excluding hydrogens is 334 g/mol. The molecule has 0 aliphatic carbocycles. The van der Waals surface area contributed by atoms with Crippen LogP contribution in [0.2, 0.25) is 0 Å². The van der Waals surface area contributed by atoms with Gasteiger partial charge >= 0.3 is 12.0 Å². The van der Waals surface area contributed by atoms with Gasteiger partial charge in [-0.3, -0.25) is 0 Å². The van der Waals surface area contributed by atoms with Gasteiger partial charge in [0.25, 0.3) is 0 Å². The van der Waals surface area contributed by atoms with Gasteiger partial charge in [0.1, 0.15) is 11.4 Å². The largest absolute Gasteiger partial charge is 0.465 e. The molecule has 0 saturated heterocycles. The summed E-state index contributed by atoms with van der Waals surface area (Å²) in [6, 6.07) is 5.42. The molecule has 3 atom stereocenters. The number of aromatic amines is 1. The molecule has 8 nitrogen and oxygen atoms in total. The van der Waals surface area contributed by atoms with E-state index in [1.807, 2.05) is 39.1 Å². The first-order chi connectivity index (χ1) is 12.3. The summed E-state index contributed by atoms with van der Waals surface area (Å²) >= 11 is 0. The molecule has 1 aliphatic rings. The molecule has 2 aromatic rings. The van der Waals surface area contributed by atoms with Gasteiger partial charge < -0.3 is 10.0 Å². The maximum absolute atomic E-state index is 12.5. The second kappa shape index (κ2) is 6.53. The highest BCUT2D eigenvalue weighted by Crippen LogP contribution is 2.45. The standard InChI is InChI=1S/C18H23N5O3/c1-5-22(18(25)26)16-8-11(2)23(4,12(3)24)17-7-6-13(9-14(16)17)15-10-19-21-20-15/h6-7,9-11,16H,5,8H2,1-4H3,(H-,19,20,21,25,26)/p+1/t11-,16+,23?/m0/s1. The van der Waals surface area contributed by atoms with Crippen molar-refractivity contribution in [3.8, 4) is 11.3 Å². The lowest BCUT2D eigenvalue weighted by molar-refractivity contribution is -0.129. The van der Waals surface area contributed by atoms with E-state index in [1.165, 1.54) is 4.90 Å². The molecule has 0 bridgehead atoms. The fourth-order valence-corrected chi connectivity index (χ4v) is 3.91. The van der Waals surface area contributed by atoms with Crippen LogP contribution in [0, 0.1) is 0 Å². The van der Waals surface area contributed by atoms with Crippen LogP contribution in [-0.2, 0) is 4.79 Å². The molecule has 8 heteroatoms. The molecule has 138 valence electrons. The molecule has 1 unspecified atom stereocenters. The summed E-state index contributed by atoms with van der Waals surface area (Å²) in [7, 11) is 1.90. The number of carbonyl (C=O) groups excluding carboxylic acids is 1. The number of nitrogens with one attached hydrogen (secondary N) is 1. The number of benzene rings is 1. The third-order valence-corrected chi connectivity index (χ3v) is 5.66. The first kappa shape index (κ1) is 18.1. The van der Waals surface area contributed by atoms with Crippen molar-refractivity contribution >= 4 is 17.7 Å². The van der Waals surface area contributed by atoms with Crippen LogP contribution in [0.4, 0.5) is 10.5 Å². The van der Waals surface area contributed by atoms with E-state index >= 15 is 0 Å². The molecule has 0 radical (unpaired) electrons. The van der Waals surface area contributed by atoms with Crippen molar-refractivity contribution in [2.24, 2.45) is 0 Å². The maximum atomic E-state index is 12.5. The van der Waals surface area contributed by atoms with Crippen molar-refractivity contribution in [1.29, 1.82) is 0 Å². The minimum Gasteiger partial charge on any atom is -0.465 e. The number of aromatic nitrogens is 3. The van der Waals surface area contributed by atoms with Crippen molar-refractivity contribution in [2.45, 2.75) is 39.3 Å². The molecule has 2 amide bonds. The Kier molecular flexibility index (Phi) is 4.53. The van der Waals surface area contributed by atoms with Crippen molar-refractivity contribution in [3.05, 3.63) is 30.0 Å². The van der Waals surface area contributed by atoms with Gasteiger partial charge in [-0.1, -0.05) is 0 Å². The summed E-state index contributed by atoms with van der Waals surface area (Å²) < 4.78 is 0.155. The number of hydrogen-bond acceptors (Lipinski definition) is 4. The molecular formula is C18H24N5O3+. The fourth-order valence-electron chi connectivity index (χ4n) is 3.91. The van der Waals surface area contributed by atoms with Gasteiger partial charge in [-0.25, -0.2) is 14.1 Å². The first-order valence-electron chi connectivity index (χ1n) is 8.68. The Balaban J connectivity index is 2.22. The summed E-state index contributed by atoms with van der Waals surface area (Å²) in [6.45, 7) is 5.79. The van der Waals surface area contributed by atoms with Crippen molar-refractivity contribution < 1.29 is 14.7 Å². The van der Waals surface area contributed by atoms with Gasteiger partial charge in [0, 0.05) is 30.2 Å². The molecule has 1 aromatic heterocycles. The maximum Gasteiger partial charge on any atom is 0.407 e. The smallest absolute Gasteiger partial charge is 0.407 e. The molecule has 2 N–H and O–H groups in total. The van der Waals surface area contributed by atoms with Gasteiger partial charge in [-0.2, -0.15) is 15.4 Å². The number of H-pyrrole nitrogens is 1. The zero-order valence-electron chi connectivity index (χ0n) is 15.4. The molecule has 0 fully saturated rings. The Morgan fingerprint density at radius 2 is 2.15 bits per heavy atom. The number of nitrogens with zero attached hydrogens (tertiary/aromatic N) is 4. The van der Waals surface area contributed by atoms with Crippen LogP contribution in [-0.4, -0.2) is 57.1 Å². The molecule has 26 heavy (non-hydrogen) atoms. The van der Waals surface area contributed by atoms with E-state index in [4.69, 9.17) is 0 Å². The average Bonchev–Trinajstić information content (AvgIpc) is 3.13. The van der Waals surface area contributed by atoms with Gasteiger partial charge in [-0.15, -0.1) is 0 Å². The Morgan fingerprint density at radius 1 is 1.42 bits per heavy atom. The molecule has 2 heterocycles. The normalized spacial score (nSPS) is 24.8. The number of carbonyl (C=O) groups is 2. The molecule has 3 rings (SSSR count). The van der Waals surface area contributed by atoms with Crippen molar-refractivity contribution in [1.82, 2.24) is 24.8 Å². The van der Waals surface area contributed by atoms with E-state index in [-0.39, 0.29) is 22.5 Å². The quantitative estimate of drug-likeness (QED) is 0.822. The predicted molar refractivity (Wildman–Crippen MR) is 97.4 cm³/mol. The lowest BCUT2D eigenvalue weighted by Crippen LogP contribution is -2.60. The van der Waals surface area contributed by atoms with Gasteiger partial charge in [0.05, 0.1) is 32.3 Å². The Hall–Kier alpha value is -2.74. The van der Waals surface area contributed by atoms with E-state index in [0.29, 0.717) is 18.7 Å². The zero-order chi connectivity index (χ0) is 19.1. The summed E-state index contributed by atoms with van der Waals surface area (Å²) in [5.41, 5.74) is 3.22. The third-order valence-electron chi connectivity index (χ3n) is 5.66. The highest BCUT2D eigenvalue weighted by atomic mass is 16.4. The number of carboxylic acid groups (broad SMARTS) is 1. The summed E-state index contributed by atoms with van der Waals surface area (Å²) in [4.78, 5) is 25.7. The Bertz CT molecular complexity index is 835. The minimum absolute atomic E-state index is 0.0312. The highest BCUT2D eigenvalue weighted by Gasteiger charge is 2.47. The van der Waals surface area contributed by atoms with Crippen LogP contribution in [0.1, 0.15) is 38.8 Å². The predicted octanol–water partition coefficient (Wildman–Crippen LogP) is 2.79. The Labute approximate surface area is 152 Å². The second-order valence-electron chi connectivity index (χ2n) is 6.89. The lowest BCUT2D eigenvalue weighted by Gasteiger charge is -2.45. The minimum atomic E-state index is -0.957. The van der Waals surface area contributed by atoms with Crippen LogP contribution in [0.15, 0.2) is 24.4 Å². The Morgan fingerprint density at radius 3 is 2.69 bits per heavy atom. The third kappa shape index (κ3) is 2.66. The molecule has 1 aromatic carbocycles. The number of amides is 2. The van der Waals surface area contributed by atoms with E-state index in [1.54, 1.807) is 13.1 Å². The van der Waals surface area contributed by atoms with Crippen LogP contribution in [0.25, 0.3) is 11.3 Å². The fraction of sp³-hybridized carbons (Fsp3) is 0.444. The molecule has 0 saturated carbocycles. The summed E-state index contributed by atoms with van der Waals surface area (Å²) in [5, 5.41) is 20.2.